The van der Waals surface area contributed by atoms with Crippen molar-refractivity contribution in [3.8, 4) is 11.5 Å². The summed E-state index contributed by atoms with van der Waals surface area (Å²) in [6.07, 6.45) is 8.56. The van der Waals surface area contributed by atoms with Crippen molar-refractivity contribution in [3.05, 3.63) is 69.7 Å². The minimum atomic E-state index is -4.33. The third kappa shape index (κ3) is 9.60. The van der Waals surface area contributed by atoms with Gasteiger partial charge in [0, 0.05) is 41.5 Å². The van der Waals surface area contributed by atoms with Gasteiger partial charge in [-0.1, -0.05) is 36.1 Å². The van der Waals surface area contributed by atoms with Gasteiger partial charge in [-0.2, -0.15) is 4.57 Å². The van der Waals surface area contributed by atoms with E-state index in [1.54, 1.807) is 37.3 Å². The summed E-state index contributed by atoms with van der Waals surface area (Å²) in [7, 11) is -5.46. The first-order chi connectivity index (χ1) is 21.3. The van der Waals surface area contributed by atoms with Gasteiger partial charge in [-0.25, -0.2) is 16.8 Å². The fraction of sp³-hybridized carbons (Fsp3) is 0.387. The van der Waals surface area contributed by atoms with Crippen LogP contribution in [0, 0.1) is 5.92 Å². The SMILES string of the molecule is COc1ccc2c(c1)N(CCCS(=O)(=O)[O-])C(=CC1=CC(=Cc3sc4ccc(OC)cc4[n+]3CCCS(=O)(=O)[O-])CC(C)C1)S2.[Na+]. The van der Waals surface area contributed by atoms with E-state index in [4.69, 9.17) is 9.47 Å². The Balaban J connectivity index is 0.00000480. The first-order valence-corrected chi connectivity index (χ1v) is 19.2. The minimum Gasteiger partial charge on any atom is -0.748 e. The number of hydrogen-bond donors (Lipinski definition) is 0. The molecule has 0 saturated carbocycles. The van der Waals surface area contributed by atoms with Gasteiger partial charge in [0.15, 0.2) is 6.54 Å². The maximum atomic E-state index is 11.3. The van der Waals surface area contributed by atoms with Gasteiger partial charge < -0.3 is 23.5 Å². The van der Waals surface area contributed by atoms with Crippen LogP contribution in [0.4, 0.5) is 5.69 Å². The Bertz CT molecular complexity index is 1900. The molecule has 1 unspecified atom stereocenters. The fourth-order valence-electron chi connectivity index (χ4n) is 5.64. The number of thioether (sulfide) groups is 1. The van der Waals surface area contributed by atoms with Gasteiger partial charge >= 0.3 is 29.6 Å². The number of methoxy groups -OCH3 is 2. The molecule has 0 amide bonds. The summed E-state index contributed by atoms with van der Waals surface area (Å²) in [5.74, 6) is 0.865. The van der Waals surface area contributed by atoms with E-state index in [0.717, 1.165) is 54.8 Å². The Hall–Kier alpha value is -1.88. The molecule has 1 aromatic heterocycles. The molecule has 10 nitrogen and oxygen atoms in total. The summed E-state index contributed by atoms with van der Waals surface area (Å²) in [5, 5.41) is 1.90. The first kappa shape index (κ1) is 36.9. The van der Waals surface area contributed by atoms with Crippen LogP contribution < -0.4 is 48.5 Å². The molecule has 0 saturated heterocycles. The molecule has 15 heteroatoms. The normalized spacial score (nSPS) is 18.5. The number of aromatic nitrogens is 1. The number of rotatable bonds is 12. The molecule has 1 atom stereocenters. The van der Waals surface area contributed by atoms with Crippen LogP contribution >= 0.6 is 23.1 Å². The van der Waals surface area contributed by atoms with Crippen LogP contribution in [-0.2, 0) is 26.8 Å². The van der Waals surface area contributed by atoms with Gasteiger partial charge in [0.1, 0.15) is 16.2 Å². The van der Waals surface area contributed by atoms with E-state index in [0.29, 0.717) is 30.5 Å². The van der Waals surface area contributed by atoms with Crippen LogP contribution in [-0.4, -0.2) is 58.2 Å². The monoisotopic (exact) mass is 714 g/mol. The largest absolute Gasteiger partial charge is 1.00 e. The Morgan fingerprint density at radius 1 is 0.957 bits per heavy atom. The maximum absolute atomic E-state index is 11.3. The van der Waals surface area contributed by atoms with E-state index in [9.17, 15) is 25.9 Å². The topological polar surface area (TPSA) is 140 Å². The molecule has 242 valence electrons. The van der Waals surface area contributed by atoms with Crippen LogP contribution in [0.5, 0.6) is 11.5 Å². The number of hydrogen-bond acceptors (Lipinski definition) is 11. The predicted octanol–water partition coefficient (Wildman–Crippen LogP) is 2.27. The molecule has 0 radical (unpaired) electrons. The van der Waals surface area contributed by atoms with E-state index in [1.165, 1.54) is 0 Å². The molecule has 0 fully saturated rings. The van der Waals surface area contributed by atoms with Crippen molar-refractivity contribution in [2.75, 3.05) is 37.2 Å². The number of aryl methyl sites for hydroxylation is 1. The summed E-state index contributed by atoms with van der Waals surface area (Å²) < 4.78 is 81.8. The number of thiazole rings is 1. The third-order valence-electron chi connectivity index (χ3n) is 7.58. The average molecular weight is 715 g/mol. The smallest absolute Gasteiger partial charge is 0.748 e. The number of allylic oxidation sites excluding steroid dienone is 4. The summed E-state index contributed by atoms with van der Waals surface area (Å²) in [5.41, 5.74) is 4.07. The number of ether oxygens (including phenoxy) is 2. The van der Waals surface area contributed by atoms with Gasteiger partial charge in [0.2, 0.25) is 5.52 Å². The number of anilines is 1. The molecule has 1 aliphatic heterocycles. The quantitative estimate of drug-likeness (QED) is 0.156. The molecule has 2 aromatic carbocycles. The zero-order chi connectivity index (χ0) is 32.4. The van der Waals surface area contributed by atoms with Gasteiger partial charge in [-0.05, 0) is 66.7 Å². The molecule has 2 heterocycles. The van der Waals surface area contributed by atoms with Gasteiger partial charge in [-0.15, -0.1) is 0 Å². The zero-order valence-electron chi connectivity index (χ0n) is 26.2. The van der Waals surface area contributed by atoms with Crippen molar-refractivity contribution in [1.82, 2.24) is 0 Å². The minimum absolute atomic E-state index is 0. The number of fused-ring (bicyclic) bond motifs is 2. The summed E-state index contributed by atoms with van der Waals surface area (Å²) in [4.78, 5) is 3.07. The molecule has 0 N–H and O–H groups in total. The van der Waals surface area contributed by atoms with Crippen molar-refractivity contribution in [2.45, 2.75) is 44.0 Å². The second kappa shape index (κ2) is 15.6. The molecule has 1 aliphatic carbocycles. The molecular weight excluding hydrogens is 680 g/mol. The first-order valence-electron chi connectivity index (χ1n) is 14.5. The van der Waals surface area contributed by atoms with Crippen LogP contribution in [0.15, 0.2) is 69.6 Å². The third-order valence-corrected chi connectivity index (χ3v) is 11.4. The molecule has 5 rings (SSSR count). The maximum Gasteiger partial charge on any atom is 1.00 e. The van der Waals surface area contributed by atoms with E-state index in [1.807, 2.05) is 36.4 Å². The zero-order valence-corrected chi connectivity index (χ0v) is 31.5. The molecule has 0 spiro atoms. The van der Waals surface area contributed by atoms with Crippen LogP contribution in [0.25, 0.3) is 16.3 Å². The van der Waals surface area contributed by atoms with Gasteiger partial charge in [-0.3, -0.25) is 0 Å². The Labute approximate surface area is 301 Å². The second-order valence-corrected chi connectivity index (χ2v) is 16.3. The van der Waals surface area contributed by atoms with E-state index < -0.39 is 31.7 Å². The second-order valence-electron chi connectivity index (χ2n) is 11.2. The summed E-state index contributed by atoms with van der Waals surface area (Å²) >= 11 is 3.19. The van der Waals surface area contributed by atoms with Crippen molar-refractivity contribution < 1.29 is 69.5 Å². The Kier molecular flexibility index (Phi) is 12.5. The average Bonchev–Trinajstić information content (AvgIpc) is 3.47. The molecular formula is C31H35N2NaO8S4. The Morgan fingerprint density at radius 3 is 2.33 bits per heavy atom. The number of nitrogens with zero attached hydrogens (tertiary/aromatic N) is 2. The summed E-state index contributed by atoms with van der Waals surface area (Å²) in [6.45, 7) is 2.94. The fourth-order valence-corrected chi connectivity index (χ4v) is 8.90. The van der Waals surface area contributed by atoms with E-state index in [2.05, 4.69) is 34.6 Å². The molecule has 2 aliphatic rings. The Morgan fingerprint density at radius 2 is 1.63 bits per heavy atom. The van der Waals surface area contributed by atoms with E-state index in [-0.39, 0.29) is 42.4 Å². The van der Waals surface area contributed by atoms with Gasteiger partial charge in [0.25, 0.3) is 5.01 Å². The van der Waals surface area contributed by atoms with Crippen molar-refractivity contribution >= 4 is 65.3 Å². The van der Waals surface area contributed by atoms with Gasteiger partial charge in [0.05, 0.1) is 51.2 Å². The van der Waals surface area contributed by atoms with Crippen LogP contribution in [0.2, 0.25) is 0 Å². The standard InChI is InChI=1S/C31H36N2O8S4.Na/c1-21-14-22(17-30-32(10-4-12-44(34,35)36)26-19-24(40-2)6-8-28(26)42-30)16-23(15-21)18-31-33(11-5-13-45(37,38)39)27-20-25(41-3)7-9-29(27)43-31;/h6-9,16-21H,4-5,10-15H2,1-3H3,(H-,34,35,36,37,38,39);/q;+1/p-1. The van der Waals surface area contributed by atoms with Crippen molar-refractivity contribution in [3.63, 3.8) is 0 Å². The van der Waals surface area contributed by atoms with Crippen molar-refractivity contribution in [1.29, 1.82) is 0 Å². The summed E-state index contributed by atoms with van der Waals surface area (Å²) in [6, 6.07) is 11.6. The van der Waals surface area contributed by atoms with Crippen molar-refractivity contribution in [2.24, 2.45) is 5.92 Å². The van der Waals surface area contributed by atoms with E-state index >= 15 is 0 Å². The predicted molar refractivity (Wildman–Crippen MR) is 176 cm³/mol. The molecule has 3 aromatic rings. The molecule has 0 bridgehead atoms. The number of benzene rings is 2. The van der Waals surface area contributed by atoms with Crippen LogP contribution in [0.1, 0.15) is 37.6 Å². The molecule has 46 heavy (non-hydrogen) atoms. The van der Waals surface area contributed by atoms with Crippen LogP contribution in [0.3, 0.4) is 0 Å².